The number of esters is 1. The van der Waals surface area contributed by atoms with Crippen molar-refractivity contribution >= 4 is 29.4 Å². The Balaban J connectivity index is 1.70. The van der Waals surface area contributed by atoms with Gasteiger partial charge in [0, 0.05) is 12.2 Å². The number of ketones is 1. The normalized spacial score (nSPS) is 20.6. The minimum absolute atomic E-state index is 0.0747. The number of hydrogen-bond donors (Lipinski definition) is 1. The summed E-state index contributed by atoms with van der Waals surface area (Å²) < 4.78 is 5.96. The molecule has 1 amide bonds. The average molecular weight is 423 g/mol. The lowest BCUT2D eigenvalue weighted by atomic mass is 10.00. The van der Waals surface area contributed by atoms with Crippen molar-refractivity contribution in [3.8, 4) is 0 Å². The summed E-state index contributed by atoms with van der Waals surface area (Å²) in [5.41, 5.74) is 8.32. The number of fused-ring (bicyclic) bond motifs is 1. The standard InChI is InChI=1S/C23H22N2O4S/c1-14(26)12-17-13-30-22-18(24)21(27)25(22)19(17)23(28)29-20(15-8-4-2-5-9-15)16-10-6-3-7-11-16/h2-11,18,20,22H,12-13,24H2,1H3/t18-,22+/m1/s1. The summed E-state index contributed by atoms with van der Waals surface area (Å²) in [5, 5.41) is -0.303. The molecule has 2 aliphatic heterocycles. The summed E-state index contributed by atoms with van der Waals surface area (Å²) in [6.07, 6.45) is -0.533. The van der Waals surface area contributed by atoms with Gasteiger partial charge in [-0.2, -0.15) is 0 Å². The molecular weight excluding hydrogens is 400 g/mol. The van der Waals surface area contributed by atoms with Gasteiger partial charge >= 0.3 is 5.97 Å². The van der Waals surface area contributed by atoms with Crippen LogP contribution >= 0.6 is 11.8 Å². The van der Waals surface area contributed by atoms with Gasteiger partial charge in [-0.1, -0.05) is 60.7 Å². The van der Waals surface area contributed by atoms with Gasteiger partial charge in [-0.25, -0.2) is 4.79 Å². The van der Waals surface area contributed by atoms with Crippen molar-refractivity contribution in [1.29, 1.82) is 0 Å². The predicted octanol–water partition coefficient (Wildman–Crippen LogP) is 2.79. The number of benzene rings is 2. The first-order chi connectivity index (χ1) is 14.5. The van der Waals surface area contributed by atoms with Gasteiger partial charge in [-0.05, 0) is 23.6 Å². The van der Waals surface area contributed by atoms with E-state index in [1.54, 1.807) is 0 Å². The van der Waals surface area contributed by atoms with Crippen LogP contribution in [0.1, 0.15) is 30.6 Å². The second kappa shape index (κ2) is 8.45. The lowest BCUT2D eigenvalue weighted by molar-refractivity contribution is -0.153. The van der Waals surface area contributed by atoms with E-state index in [1.807, 2.05) is 60.7 Å². The average Bonchev–Trinajstić information content (AvgIpc) is 2.77. The maximum absolute atomic E-state index is 13.4. The molecule has 0 radical (unpaired) electrons. The van der Waals surface area contributed by atoms with Crippen molar-refractivity contribution in [3.05, 3.63) is 83.1 Å². The van der Waals surface area contributed by atoms with Crippen LogP contribution in [0.15, 0.2) is 71.9 Å². The molecular formula is C23H22N2O4S. The molecule has 1 saturated heterocycles. The number of β-lactam (4-membered cyclic amide) rings is 1. The van der Waals surface area contributed by atoms with Crippen LogP contribution in [-0.4, -0.2) is 39.7 Å². The number of carbonyl (C=O) groups is 3. The highest BCUT2D eigenvalue weighted by Crippen LogP contribution is 2.41. The number of amides is 1. The molecule has 2 aliphatic rings. The minimum atomic E-state index is -0.643. The molecule has 30 heavy (non-hydrogen) atoms. The van der Waals surface area contributed by atoms with E-state index >= 15 is 0 Å². The second-order valence-electron chi connectivity index (χ2n) is 7.37. The maximum atomic E-state index is 13.4. The molecule has 2 N–H and O–H groups in total. The third kappa shape index (κ3) is 3.78. The van der Waals surface area contributed by atoms with Crippen molar-refractivity contribution in [2.75, 3.05) is 5.75 Å². The van der Waals surface area contributed by atoms with Crippen LogP contribution in [0.4, 0.5) is 0 Å². The number of nitrogens with two attached hydrogens (primary N) is 1. The van der Waals surface area contributed by atoms with Gasteiger partial charge in [-0.15, -0.1) is 11.8 Å². The molecule has 0 spiro atoms. The molecule has 0 unspecified atom stereocenters. The van der Waals surface area contributed by atoms with E-state index < -0.39 is 18.1 Å². The topological polar surface area (TPSA) is 89.7 Å². The van der Waals surface area contributed by atoms with E-state index in [-0.39, 0.29) is 29.2 Å². The molecule has 4 rings (SSSR count). The highest BCUT2D eigenvalue weighted by Gasteiger charge is 2.52. The minimum Gasteiger partial charge on any atom is -0.448 e. The summed E-state index contributed by atoms with van der Waals surface area (Å²) in [6.45, 7) is 1.47. The van der Waals surface area contributed by atoms with Gasteiger partial charge in [0.05, 0.1) is 0 Å². The molecule has 0 aromatic heterocycles. The Morgan fingerprint density at radius 1 is 1.10 bits per heavy atom. The largest absolute Gasteiger partial charge is 0.448 e. The summed E-state index contributed by atoms with van der Waals surface area (Å²) in [5.74, 6) is -0.548. The fourth-order valence-corrected chi connectivity index (χ4v) is 5.04. The Labute approximate surface area is 179 Å². The third-order valence-electron chi connectivity index (χ3n) is 5.17. The van der Waals surface area contributed by atoms with E-state index in [0.717, 1.165) is 11.1 Å². The zero-order valence-electron chi connectivity index (χ0n) is 16.5. The van der Waals surface area contributed by atoms with Crippen LogP contribution < -0.4 is 5.73 Å². The van der Waals surface area contributed by atoms with Crippen LogP contribution in [0.2, 0.25) is 0 Å². The van der Waals surface area contributed by atoms with Crippen LogP contribution in [0.5, 0.6) is 0 Å². The van der Waals surface area contributed by atoms with Crippen molar-refractivity contribution in [1.82, 2.24) is 4.90 Å². The van der Waals surface area contributed by atoms with Crippen LogP contribution in [0.25, 0.3) is 0 Å². The first kappa shape index (κ1) is 20.4. The Hall–Kier alpha value is -2.90. The smallest absolute Gasteiger partial charge is 0.356 e. The van der Waals surface area contributed by atoms with Gasteiger partial charge in [0.25, 0.3) is 0 Å². The fraction of sp³-hybridized carbons (Fsp3) is 0.261. The third-order valence-corrected chi connectivity index (χ3v) is 6.53. The monoisotopic (exact) mass is 422 g/mol. The Kier molecular flexibility index (Phi) is 5.74. The molecule has 2 aromatic carbocycles. The van der Waals surface area contributed by atoms with E-state index in [9.17, 15) is 14.4 Å². The second-order valence-corrected chi connectivity index (χ2v) is 8.48. The van der Waals surface area contributed by atoms with Gasteiger partial charge in [0.15, 0.2) is 6.10 Å². The number of hydrogen-bond acceptors (Lipinski definition) is 6. The van der Waals surface area contributed by atoms with E-state index in [1.165, 1.54) is 23.6 Å². The fourth-order valence-electron chi connectivity index (χ4n) is 3.75. The molecule has 2 heterocycles. The summed E-state index contributed by atoms with van der Waals surface area (Å²) in [6, 6.07) is 18.2. The number of ether oxygens (including phenoxy) is 1. The van der Waals surface area contributed by atoms with Crippen molar-refractivity contribution in [2.45, 2.75) is 30.9 Å². The van der Waals surface area contributed by atoms with Gasteiger partial charge in [-0.3, -0.25) is 14.5 Å². The number of carbonyl (C=O) groups excluding carboxylic acids is 3. The first-order valence-electron chi connectivity index (χ1n) is 9.70. The lowest BCUT2D eigenvalue weighted by Crippen LogP contribution is -2.68. The van der Waals surface area contributed by atoms with Crippen molar-refractivity contribution in [2.24, 2.45) is 5.73 Å². The number of rotatable bonds is 6. The molecule has 0 bridgehead atoms. The SMILES string of the molecule is CC(=O)CC1=C(C(=O)OC(c2ccccc2)c2ccccc2)N2C(=O)[C@@H](N)[C@@H]2SC1. The molecule has 0 aliphatic carbocycles. The zero-order valence-corrected chi connectivity index (χ0v) is 17.3. The molecule has 7 heteroatoms. The Morgan fingerprint density at radius 2 is 1.67 bits per heavy atom. The molecule has 0 saturated carbocycles. The summed E-state index contributed by atoms with van der Waals surface area (Å²) >= 11 is 1.47. The lowest BCUT2D eigenvalue weighted by Gasteiger charge is -2.48. The van der Waals surface area contributed by atoms with Crippen LogP contribution in [0.3, 0.4) is 0 Å². The quantitative estimate of drug-likeness (QED) is 0.569. The van der Waals surface area contributed by atoms with E-state index in [2.05, 4.69) is 0 Å². The van der Waals surface area contributed by atoms with Crippen LogP contribution in [-0.2, 0) is 19.1 Å². The van der Waals surface area contributed by atoms with E-state index in [4.69, 9.17) is 10.5 Å². The first-order valence-corrected chi connectivity index (χ1v) is 10.7. The maximum Gasteiger partial charge on any atom is 0.356 e. The summed E-state index contributed by atoms with van der Waals surface area (Å²) in [7, 11) is 0. The molecule has 1 fully saturated rings. The molecule has 2 aromatic rings. The highest BCUT2D eigenvalue weighted by molar-refractivity contribution is 8.00. The number of thioether (sulfide) groups is 1. The molecule has 6 nitrogen and oxygen atoms in total. The van der Waals surface area contributed by atoms with Crippen molar-refractivity contribution < 1.29 is 19.1 Å². The predicted molar refractivity (Wildman–Crippen MR) is 114 cm³/mol. The summed E-state index contributed by atoms with van der Waals surface area (Å²) in [4.78, 5) is 39.0. The number of Topliss-reactive ketones (excluding diaryl/α,β-unsaturated/α-hetero) is 1. The highest BCUT2D eigenvalue weighted by atomic mass is 32.2. The van der Waals surface area contributed by atoms with Crippen LogP contribution in [0, 0.1) is 0 Å². The number of nitrogens with zero attached hydrogens (tertiary/aromatic N) is 1. The molecule has 2 atom stereocenters. The zero-order chi connectivity index (χ0) is 21.3. The van der Waals surface area contributed by atoms with Crippen molar-refractivity contribution in [3.63, 3.8) is 0 Å². The van der Waals surface area contributed by atoms with Gasteiger partial charge in [0.1, 0.15) is 22.9 Å². The Bertz CT molecular complexity index is 967. The van der Waals surface area contributed by atoms with Gasteiger partial charge in [0.2, 0.25) is 5.91 Å². The molecule has 154 valence electrons. The Morgan fingerprint density at radius 3 is 2.20 bits per heavy atom. The van der Waals surface area contributed by atoms with Gasteiger partial charge < -0.3 is 10.5 Å². The van der Waals surface area contributed by atoms with E-state index in [0.29, 0.717) is 11.3 Å².